The second-order valence-corrected chi connectivity index (χ2v) is 3.87. The van der Waals surface area contributed by atoms with Crippen LogP contribution in [0.2, 0.25) is 0 Å². The Balaban J connectivity index is 2.69. The normalized spacial score (nSPS) is 10.3. The van der Waals surface area contributed by atoms with Crippen molar-refractivity contribution in [2.24, 2.45) is 0 Å². The summed E-state index contributed by atoms with van der Waals surface area (Å²) in [5, 5.41) is 14.6. The predicted octanol–water partition coefficient (Wildman–Crippen LogP) is 2.48. The van der Waals surface area contributed by atoms with E-state index in [4.69, 9.17) is 4.52 Å². The Morgan fingerprint density at radius 2 is 2.20 bits per heavy atom. The maximum atomic E-state index is 13.1. The molecule has 1 aromatic heterocycles. The Hall–Kier alpha value is -2.77. The van der Waals surface area contributed by atoms with Gasteiger partial charge in [0.25, 0.3) is 5.69 Å². The largest absolute Gasteiger partial charge is 0.465 e. The summed E-state index contributed by atoms with van der Waals surface area (Å²) < 4.78 is 22.6. The second kappa shape index (κ2) is 5.08. The third kappa shape index (κ3) is 2.22. The number of aromatic nitrogens is 1. The minimum atomic E-state index is -0.764. The molecule has 8 heteroatoms. The number of hydrogen-bond acceptors (Lipinski definition) is 6. The minimum absolute atomic E-state index is 0.0198. The molecule has 0 fully saturated rings. The van der Waals surface area contributed by atoms with Crippen molar-refractivity contribution in [2.45, 2.75) is 6.92 Å². The third-order valence-electron chi connectivity index (χ3n) is 2.66. The van der Waals surface area contributed by atoms with E-state index in [-0.39, 0.29) is 22.6 Å². The molecule has 0 aliphatic rings. The third-order valence-corrected chi connectivity index (χ3v) is 2.66. The van der Waals surface area contributed by atoms with Crippen LogP contribution in [0.3, 0.4) is 0 Å². The van der Waals surface area contributed by atoms with Gasteiger partial charge in [0.05, 0.1) is 23.7 Å². The maximum Gasteiger partial charge on any atom is 0.343 e. The van der Waals surface area contributed by atoms with Gasteiger partial charge in [0, 0.05) is 0 Å². The smallest absolute Gasteiger partial charge is 0.343 e. The monoisotopic (exact) mass is 280 g/mol. The first-order valence-corrected chi connectivity index (χ1v) is 5.44. The lowest BCUT2D eigenvalue weighted by Gasteiger charge is -2.02. The maximum absolute atomic E-state index is 13.1. The van der Waals surface area contributed by atoms with Crippen LogP contribution < -0.4 is 0 Å². The lowest BCUT2D eigenvalue weighted by Crippen LogP contribution is -2.04. The van der Waals surface area contributed by atoms with Gasteiger partial charge < -0.3 is 9.26 Å². The van der Waals surface area contributed by atoms with E-state index in [1.165, 1.54) is 6.92 Å². The van der Waals surface area contributed by atoms with E-state index in [2.05, 4.69) is 9.89 Å². The van der Waals surface area contributed by atoms with E-state index in [0.717, 1.165) is 25.3 Å². The molecule has 2 rings (SSSR count). The molecule has 7 nitrogen and oxygen atoms in total. The molecular formula is C12H9FN2O5. The molecule has 0 N–H and O–H groups in total. The molecule has 0 amide bonds. The van der Waals surface area contributed by atoms with Crippen LogP contribution >= 0.6 is 0 Å². The van der Waals surface area contributed by atoms with Crippen molar-refractivity contribution < 1.29 is 23.4 Å². The van der Waals surface area contributed by atoms with Gasteiger partial charge in [-0.25, -0.2) is 9.18 Å². The molecular weight excluding hydrogens is 271 g/mol. The van der Waals surface area contributed by atoms with Crippen LogP contribution in [0.5, 0.6) is 0 Å². The average Bonchev–Trinajstić information content (AvgIpc) is 2.79. The summed E-state index contributed by atoms with van der Waals surface area (Å²) in [5.41, 5.74) is -0.611. The van der Waals surface area contributed by atoms with Crippen molar-refractivity contribution in [3.8, 4) is 11.3 Å². The highest BCUT2D eigenvalue weighted by atomic mass is 19.1. The highest BCUT2D eigenvalue weighted by Crippen LogP contribution is 2.33. The summed E-state index contributed by atoms with van der Waals surface area (Å²) in [5.74, 6) is -1.34. The van der Waals surface area contributed by atoms with Crippen molar-refractivity contribution >= 4 is 11.7 Å². The fourth-order valence-electron chi connectivity index (χ4n) is 1.75. The predicted molar refractivity (Wildman–Crippen MR) is 64.6 cm³/mol. The number of ether oxygens (including phenoxy) is 1. The first-order chi connectivity index (χ1) is 9.45. The molecule has 2 aromatic rings. The first-order valence-electron chi connectivity index (χ1n) is 5.44. The molecule has 0 aliphatic carbocycles. The van der Waals surface area contributed by atoms with Crippen LogP contribution in [0.25, 0.3) is 11.3 Å². The molecule has 0 spiro atoms. The fourth-order valence-corrected chi connectivity index (χ4v) is 1.75. The number of rotatable bonds is 3. The van der Waals surface area contributed by atoms with Crippen LogP contribution in [0, 0.1) is 22.9 Å². The lowest BCUT2D eigenvalue weighted by atomic mass is 10.0. The number of benzene rings is 1. The number of nitro benzene ring substituents is 1. The quantitative estimate of drug-likeness (QED) is 0.487. The molecule has 104 valence electrons. The highest BCUT2D eigenvalue weighted by molar-refractivity contribution is 5.98. The number of halogens is 1. The standard InChI is InChI=1S/C12H9FN2O5/c1-6-10(12(16)19-2)11(14-20-6)8-4-3-7(13)5-9(8)15(17)18/h3-5H,1-2H3. The summed E-state index contributed by atoms with van der Waals surface area (Å²) in [6, 6.07) is 2.95. The van der Waals surface area contributed by atoms with Crippen molar-refractivity contribution in [1.29, 1.82) is 0 Å². The Bertz CT molecular complexity index is 695. The van der Waals surface area contributed by atoms with Gasteiger partial charge in [0.15, 0.2) is 0 Å². The number of carbonyl (C=O) groups excluding carboxylic acids is 1. The number of nitrogens with zero attached hydrogens (tertiary/aromatic N) is 2. The molecule has 0 saturated carbocycles. The molecule has 20 heavy (non-hydrogen) atoms. The van der Waals surface area contributed by atoms with Crippen LogP contribution in [0.4, 0.5) is 10.1 Å². The number of nitro groups is 1. The van der Waals surface area contributed by atoms with Gasteiger partial charge in [-0.15, -0.1) is 0 Å². The molecule has 0 radical (unpaired) electrons. The van der Waals surface area contributed by atoms with Crippen LogP contribution in [-0.2, 0) is 4.74 Å². The van der Waals surface area contributed by atoms with Crippen molar-refractivity contribution in [3.63, 3.8) is 0 Å². The summed E-state index contributed by atoms with van der Waals surface area (Å²) in [4.78, 5) is 21.9. The summed E-state index contributed by atoms with van der Waals surface area (Å²) in [6.45, 7) is 1.47. The van der Waals surface area contributed by atoms with Crippen LogP contribution in [0.1, 0.15) is 16.1 Å². The number of hydrogen-bond donors (Lipinski definition) is 0. The molecule has 1 heterocycles. The first kappa shape index (κ1) is 13.7. The molecule has 0 saturated heterocycles. The SMILES string of the molecule is COC(=O)c1c(-c2ccc(F)cc2[N+](=O)[O-])noc1C. The van der Waals surface area contributed by atoms with E-state index in [1.54, 1.807) is 0 Å². The van der Waals surface area contributed by atoms with Gasteiger partial charge in [-0.2, -0.15) is 0 Å². The zero-order valence-corrected chi connectivity index (χ0v) is 10.5. The van der Waals surface area contributed by atoms with Gasteiger partial charge in [0.2, 0.25) is 0 Å². The molecule has 0 bridgehead atoms. The van der Waals surface area contributed by atoms with E-state index < -0.39 is 22.4 Å². The second-order valence-electron chi connectivity index (χ2n) is 3.87. The number of aryl methyl sites for hydroxylation is 1. The Labute approximate surface area is 112 Å². The van der Waals surface area contributed by atoms with Crippen molar-refractivity contribution in [1.82, 2.24) is 5.16 Å². The van der Waals surface area contributed by atoms with Crippen LogP contribution in [0.15, 0.2) is 22.7 Å². The molecule has 0 unspecified atom stereocenters. The zero-order valence-electron chi connectivity index (χ0n) is 10.5. The minimum Gasteiger partial charge on any atom is -0.465 e. The van der Waals surface area contributed by atoms with E-state index >= 15 is 0 Å². The summed E-state index contributed by atoms with van der Waals surface area (Å²) >= 11 is 0. The zero-order chi connectivity index (χ0) is 14.9. The molecule has 1 aromatic carbocycles. The lowest BCUT2D eigenvalue weighted by molar-refractivity contribution is -0.384. The van der Waals surface area contributed by atoms with Gasteiger partial charge in [-0.05, 0) is 19.1 Å². The van der Waals surface area contributed by atoms with Gasteiger partial charge in [0.1, 0.15) is 22.8 Å². The summed E-state index contributed by atoms with van der Waals surface area (Å²) in [6.07, 6.45) is 0. The van der Waals surface area contributed by atoms with Crippen molar-refractivity contribution in [2.75, 3.05) is 7.11 Å². The number of esters is 1. The van der Waals surface area contributed by atoms with E-state index in [0.29, 0.717) is 0 Å². The van der Waals surface area contributed by atoms with E-state index in [9.17, 15) is 19.3 Å². The van der Waals surface area contributed by atoms with Crippen molar-refractivity contribution in [3.05, 3.63) is 45.5 Å². The molecule has 0 atom stereocenters. The van der Waals surface area contributed by atoms with Gasteiger partial charge >= 0.3 is 5.97 Å². The highest BCUT2D eigenvalue weighted by Gasteiger charge is 2.27. The van der Waals surface area contributed by atoms with E-state index in [1.807, 2.05) is 0 Å². The van der Waals surface area contributed by atoms with Gasteiger partial charge in [-0.1, -0.05) is 5.16 Å². The van der Waals surface area contributed by atoms with Crippen LogP contribution in [-0.4, -0.2) is 23.2 Å². The molecule has 0 aliphatic heterocycles. The summed E-state index contributed by atoms with van der Waals surface area (Å²) in [7, 11) is 1.16. The average molecular weight is 280 g/mol. The number of carbonyl (C=O) groups is 1. The Morgan fingerprint density at radius 1 is 1.50 bits per heavy atom. The Kier molecular flexibility index (Phi) is 3.47. The fraction of sp³-hybridized carbons (Fsp3) is 0.167. The van der Waals surface area contributed by atoms with Gasteiger partial charge in [-0.3, -0.25) is 10.1 Å². The topological polar surface area (TPSA) is 95.5 Å². The number of methoxy groups -OCH3 is 1. The Morgan fingerprint density at radius 3 is 2.80 bits per heavy atom.